The van der Waals surface area contributed by atoms with Crippen LogP contribution in [0.5, 0.6) is 0 Å². The average Bonchev–Trinajstić information content (AvgIpc) is 3.04. The van der Waals surface area contributed by atoms with Crippen molar-refractivity contribution in [3.63, 3.8) is 0 Å². The van der Waals surface area contributed by atoms with Crippen LogP contribution in [0.4, 0.5) is 0 Å². The molecule has 3 heterocycles. The summed E-state index contributed by atoms with van der Waals surface area (Å²) in [5.74, 6) is 2.00. The minimum absolute atomic E-state index is 0.271. The van der Waals surface area contributed by atoms with Crippen LogP contribution in [0.2, 0.25) is 0 Å². The fraction of sp³-hybridized carbons (Fsp3) is 0.429. The minimum Gasteiger partial charge on any atom is -0.372 e. The molecule has 0 aliphatic carbocycles. The van der Waals surface area contributed by atoms with Gasteiger partial charge in [0.15, 0.2) is 5.82 Å². The first-order valence-electron chi connectivity index (χ1n) is 6.69. The smallest absolute Gasteiger partial charge is 0.164 e. The normalized spacial score (nSPS) is 21.2. The van der Waals surface area contributed by atoms with Crippen LogP contribution < -0.4 is 5.32 Å². The number of fused-ring (bicyclic) bond motifs is 2. The van der Waals surface area contributed by atoms with Crippen LogP contribution in [0.3, 0.4) is 0 Å². The van der Waals surface area contributed by atoms with E-state index in [1.54, 1.807) is 0 Å². The van der Waals surface area contributed by atoms with Crippen molar-refractivity contribution in [1.82, 2.24) is 20.1 Å². The molecule has 0 radical (unpaired) electrons. The Balaban J connectivity index is 1.81. The van der Waals surface area contributed by atoms with Gasteiger partial charge in [0.1, 0.15) is 5.82 Å². The first-order valence-corrected chi connectivity index (χ1v) is 6.69. The topological polar surface area (TPSA) is 52.0 Å². The quantitative estimate of drug-likeness (QED) is 0.842. The maximum Gasteiger partial charge on any atom is 0.164 e. The van der Waals surface area contributed by atoms with Crippen molar-refractivity contribution in [1.29, 1.82) is 0 Å². The molecule has 1 N–H and O–H groups in total. The summed E-state index contributed by atoms with van der Waals surface area (Å²) in [7, 11) is 0. The number of hydrogen-bond donors (Lipinski definition) is 1. The van der Waals surface area contributed by atoms with E-state index in [0.29, 0.717) is 6.61 Å². The van der Waals surface area contributed by atoms with Crippen LogP contribution in [0.15, 0.2) is 18.2 Å². The number of nitrogens with zero attached hydrogens (tertiary/aromatic N) is 3. The summed E-state index contributed by atoms with van der Waals surface area (Å²) < 4.78 is 7.69. The minimum atomic E-state index is 0.271. The van der Waals surface area contributed by atoms with Gasteiger partial charge in [-0.05, 0) is 24.1 Å². The van der Waals surface area contributed by atoms with E-state index in [1.807, 2.05) is 0 Å². The lowest BCUT2D eigenvalue weighted by Gasteiger charge is -2.22. The highest BCUT2D eigenvalue weighted by atomic mass is 16.5. The molecule has 2 aliphatic rings. The van der Waals surface area contributed by atoms with E-state index in [1.165, 1.54) is 11.1 Å². The van der Waals surface area contributed by atoms with Gasteiger partial charge in [0.2, 0.25) is 0 Å². The molecule has 0 saturated heterocycles. The zero-order chi connectivity index (χ0) is 12.8. The van der Waals surface area contributed by atoms with Crippen LogP contribution in [-0.2, 0) is 24.5 Å². The van der Waals surface area contributed by atoms with Gasteiger partial charge in [0.25, 0.3) is 0 Å². The Labute approximate surface area is 111 Å². The first kappa shape index (κ1) is 11.1. The molecule has 0 spiro atoms. The van der Waals surface area contributed by atoms with Gasteiger partial charge in [-0.15, -0.1) is 10.2 Å². The lowest BCUT2D eigenvalue weighted by Crippen LogP contribution is -2.32. The molecule has 0 bridgehead atoms. The molecule has 2 aromatic rings. The summed E-state index contributed by atoms with van der Waals surface area (Å²) in [5.41, 5.74) is 3.70. The van der Waals surface area contributed by atoms with Gasteiger partial charge in [-0.3, -0.25) is 0 Å². The Morgan fingerprint density at radius 3 is 3.11 bits per heavy atom. The Kier molecular flexibility index (Phi) is 2.43. The number of aromatic nitrogens is 3. The molecule has 5 nitrogen and oxygen atoms in total. The van der Waals surface area contributed by atoms with Crippen LogP contribution in [0.1, 0.15) is 29.9 Å². The number of benzene rings is 1. The molecule has 0 amide bonds. The van der Waals surface area contributed by atoms with Crippen molar-refractivity contribution >= 4 is 0 Å². The van der Waals surface area contributed by atoms with Crippen LogP contribution >= 0.6 is 0 Å². The third-order valence-electron chi connectivity index (χ3n) is 3.93. The zero-order valence-electron chi connectivity index (χ0n) is 10.9. The molecular weight excluding hydrogens is 240 g/mol. The summed E-state index contributed by atoms with van der Waals surface area (Å²) in [6, 6.07) is 6.72. The maximum absolute atomic E-state index is 5.46. The number of hydrogen-bond acceptors (Lipinski definition) is 4. The van der Waals surface area contributed by atoms with Crippen LogP contribution in [0, 0.1) is 0 Å². The lowest BCUT2D eigenvalue weighted by molar-refractivity contribution is 0.134. The predicted molar refractivity (Wildman–Crippen MR) is 70.4 cm³/mol. The second-order valence-corrected chi connectivity index (χ2v) is 5.19. The fourth-order valence-electron chi connectivity index (χ4n) is 2.86. The molecule has 1 aromatic heterocycles. The molecule has 1 aromatic carbocycles. The van der Waals surface area contributed by atoms with E-state index < -0.39 is 0 Å². The fourth-order valence-corrected chi connectivity index (χ4v) is 2.86. The van der Waals surface area contributed by atoms with Gasteiger partial charge in [0, 0.05) is 18.7 Å². The van der Waals surface area contributed by atoms with E-state index in [2.05, 4.69) is 45.2 Å². The Morgan fingerprint density at radius 1 is 1.26 bits per heavy atom. The second kappa shape index (κ2) is 4.15. The van der Waals surface area contributed by atoms with Gasteiger partial charge in [0.05, 0.1) is 19.3 Å². The van der Waals surface area contributed by atoms with Crippen LogP contribution in [0.25, 0.3) is 11.4 Å². The van der Waals surface area contributed by atoms with Crippen molar-refractivity contribution in [3.05, 3.63) is 35.2 Å². The number of ether oxygens (including phenoxy) is 1. The summed E-state index contributed by atoms with van der Waals surface area (Å²) >= 11 is 0. The van der Waals surface area contributed by atoms with Gasteiger partial charge in [-0.25, -0.2) is 0 Å². The van der Waals surface area contributed by atoms with Gasteiger partial charge < -0.3 is 14.6 Å². The molecule has 5 heteroatoms. The molecule has 1 unspecified atom stereocenters. The SMILES string of the molecule is CC1NCCn2c(-c3ccc4c(c3)COC4)nnc21. The molecule has 4 rings (SSSR count). The number of rotatable bonds is 1. The summed E-state index contributed by atoms with van der Waals surface area (Å²) in [6.45, 7) is 5.46. The Morgan fingerprint density at radius 2 is 2.16 bits per heavy atom. The third kappa shape index (κ3) is 1.69. The monoisotopic (exact) mass is 256 g/mol. The molecule has 0 fully saturated rings. The molecule has 0 saturated carbocycles. The van der Waals surface area contributed by atoms with E-state index >= 15 is 0 Å². The van der Waals surface area contributed by atoms with E-state index in [9.17, 15) is 0 Å². The van der Waals surface area contributed by atoms with Crippen molar-refractivity contribution in [2.24, 2.45) is 0 Å². The summed E-state index contributed by atoms with van der Waals surface area (Å²) in [6.07, 6.45) is 0. The van der Waals surface area contributed by atoms with E-state index in [4.69, 9.17) is 4.74 Å². The third-order valence-corrected chi connectivity index (χ3v) is 3.93. The summed E-state index contributed by atoms with van der Waals surface area (Å²) in [4.78, 5) is 0. The van der Waals surface area contributed by atoms with Crippen molar-refractivity contribution in [2.45, 2.75) is 32.7 Å². The molecule has 19 heavy (non-hydrogen) atoms. The maximum atomic E-state index is 5.46. The highest BCUT2D eigenvalue weighted by Gasteiger charge is 2.22. The highest BCUT2D eigenvalue weighted by molar-refractivity contribution is 5.58. The van der Waals surface area contributed by atoms with Crippen LogP contribution in [-0.4, -0.2) is 21.3 Å². The molecule has 1 atom stereocenters. The van der Waals surface area contributed by atoms with Gasteiger partial charge >= 0.3 is 0 Å². The lowest BCUT2D eigenvalue weighted by atomic mass is 10.1. The van der Waals surface area contributed by atoms with Gasteiger partial charge in [-0.2, -0.15) is 0 Å². The summed E-state index contributed by atoms with van der Waals surface area (Å²) in [5, 5.41) is 12.1. The van der Waals surface area contributed by atoms with Crippen molar-refractivity contribution in [3.8, 4) is 11.4 Å². The standard InChI is InChI=1S/C14H16N4O/c1-9-13-16-17-14(18(13)5-4-15-9)10-2-3-11-7-19-8-12(11)6-10/h2-3,6,9,15H,4-5,7-8H2,1H3. The number of nitrogens with one attached hydrogen (secondary N) is 1. The van der Waals surface area contributed by atoms with Gasteiger partial charge in [-0.1, -0.05) is 12.1 Å². The predicted octanol–water partition coefficient (Wildman–Crippen LogP) is 1.64. The first-order chi connectivity index (χ1) is 9.33. The zero-order valence-corrected chi connectivity index (χ0v) is 10.9. The van der Waals surface area contributed by atoms with E-state index in [-0.39, 0.29) is 6.04 Å². The van der Waals surface area contributed by atoms with Crippen molar-refractivity contribution < 1.29 is 4.74 Å². The highest BCUT2D eigenvalue weighted by Crippen LogP contribution is 2.28. The Hall–Kier alpha value is -1.72. The van der Waals surface area contributed by atoms with E-state index in [0.717, 1.165) is 36.9 Å². The second-order valence-electron chi connectivity index (χ2n) is 5.19. The van der Waals surface area contributed by atoms with Crippen molar-refractivity contribution in [2.75, 3.05) is 6.54 Å². The molecule has 2 aliphatic heterocycles. The largest absolute Gasteiger partial charge is 0.372 e. The molecule has 98 valence electrons. The Bertz CT molecular complexity index is 634. The average molecular weight is 256 g/mol. The molecular formula is C14H16N4O.